The van der Waals surface area contributed by atoms with E-state index >= 15 is 0 Å². The first-order chi connectivity index (χ1) is 13.9. The highest BCUT2D eigenvalue weighted by Gasteiger charge is 2.37. The van der Waals surface area contributed by atoms with Crippen LogP contribution in [0.5, 0.6) is 0 Å². The second kappa shape index (κ2) is 15.3. The van der Waals surface area contributed by atoms with Crippen LogP contribution in [0.3, 0.4) is 0 Å². The van der Waals surface area contributed by atoms with E-state index in [0.29, 0.717) is 0 Å². The molecule has 0 amide bonds. The Hall–Kier alpha value is 0.450. The van der Waals surface area contributed by atoms with Gasteiger partial charge in [-0.2, -0.15) is 0 Å². The van der Waals surface area contributed by atoms with Crippen molar-refractivity contribution in [1.29, 1.82) is 0 Å². The van der Waals surface area contributed by atoms with Crippen molar-refractivity contribution in [2.45, 2.75) is 93.3 Å². The van der Waals surface area contributed by atoms with Gasteiger partial charge in [-0.1, -0.05) is 53.4 Å². The van der Waals surface area contributed by atoms with E-state index in [1.54, 1.807) is 27.7 Å². The van der Waals surface area contributed by atoms with Gasteiger partial charge in [-0.15, -0.1) is 0 Å². The summed E-state index contributed by atoms with van der Waals surface area (Å²) in [6.07, 6.45) is 2.21. The van der Waals surface area contributed by atoms with E-state index in [1.165, 1.54) is 0 Å². The number of hydrogen-bond donors (Lipinski definition) is 0. The molecule has 0 saturated heterocycles. The highest BCUT2D eigenvalue weighted by atomic mass is 31.3. The Labute approximate surface area is 183 Å². The molecule has 30 heavy (non-hydrogen) atoms. The maximum atomic E-state index is 12.9. The minimum absolute atomic E-state index is 0.109. The van der Waals surface area contributed by atoms with Crippen molar-refractivity contribution in [3.63, 3.8) is 0 Å². The molecule has 0 aromatic rings. The highest BCUT2D eigenvalue weighted by molar-refractivity contribution is 7.62. The van der Waals surface area contributed by atoms with Crippen LogP contribution in [0.2, 0.25) is 0 Å². The molecule has 0 aromatic carbocycles. The Balaban J connectivity index is 5.27. The third-order valence-corrected chi connectivity index (χ3v) is 9.57. The quantitative estimate of drug-likeness (QED) is 0.180. The average molecular weight is 494 g/mol. The minimum Gasteiger partial charge on any atom is -0.286 e. The van der Waals surface area contributed by atoms with Crippen LogP contribution in [0, 0.1) is 11.8 Å². The standard InChI is InChI=1S/C18H41O9P3/c1-9-17(10-2)13-22-29(20,24-15(5)6)26-28(19)27-30(21,25-16(7)8)23-14-18(11-3)12-4/h15-18,28H,9-14H2,1-8H3. The van der Waals surface area contributed by atoms with E-state index in [0.717, 1.165) is 25.7 Å². The number of phosphoric ester groups is 2. The SMILES string of the molecule is CCC(CC)COP(=O)(OC(C)C)O[PH](=O)OP(=O)(OCC(CC)CC)OC(C)C. The number of phosphoric acid groups is 2. The zero-order valence-corrected chi connectivity index (χ0v) is 22.4. The molecule has 12 heteroatoms. The van der Waals surface area contributed by atoms with Crippen LogP contribution >= 0.6 is 23.9 Å². The van der Waals surface area contributed by atoms with Crippen LogP contribution in [-0.4, -0.2) is 25.4 Å². The fourth-order valence-corrected chi connectivity index (χ4v) is 6.92. The summed E-state index contributed by atoms with van der Waals surface area (Å²) in [5.41, 5.74) is 0. The molecular formula is C18H41O9P3. The molecule has 9 nitrogen and oxygen atoms in total. The third kappa shape index (κ3) is 13.1. The van der Waals surface area contributed by atoms with E-state index in [4.69, 9.17) is 26.7 Å². The van der Waals surface area contributed by atoms with Crippen molar-refractivity contribution in [1.82, 2.24) is 0 Å². The van der Waals surface area contributed by atoms with Gasteiger partial charge in [-0.3, -0.25) is 22.7 Å². The lowest BCUT2D eigenvalue weighted by Crippen LogP contribution is -2.11. The van der Waals surface area contributed by atoms with Crippen molar-refractivity contribution >= 4 is 23.9 Å². The lowest BCUT2D eigenvalue weighted by atomic mass is 10.1. The zero-order valence-electron chi connectivity index (χ0n) is 19.6. The molecule has 0 fully saturated rings. The van der Waals surface area contributed by atoms with Crippen LogP contribution in [0.25, 0.3) is 0 Å². The second-order valence-corrected chi connectivity index (χ2v) is 12.3. The van der Waals surface area contributed by atoms with Crippen LogP contribution in [0.4, 0.5) is 0 Å². The van der Waals surface area contributed by atoms with Crippen LogP contribution in [-0.2, 0) is 40.4 Å². The molecule has 0 aliphatic heterocycles. The van der Waals surface area contributed by atoms with E-state index in [-0.39, 0.29) is 25.0 Å². The first kappa shape index (κ1) is 30.4. The van der Waals surface area contributed by atoms with Crippen molar-refractivity contribution in [2.24, 2.45) is 11.8 Å². The predicted molar refractivity (Wildman–Crippen MR) is 119 cm³/mol. The Morgan fingerprint density at radius 2 is 0.967 bits per heavy atom. The summed E-state index contributed by atoms with van der Waals surface area (Å²) in [6.45, 7) is 14.7. The molecule has 0 rings (SSSR count). The van der Waals surface area contributed by atoms with Gasteiger partial charge in [0.25, 0.3) is 0 Å². The first-order valence-corrected chi connectivity index (χ1v) is 14.9. The third-order valence-electron chi connectivity index (χ3n) is 4.30. The van der Waals surface area contributed by atoms with Gasteiger partial charge in [0.1, 0.15) is 0 Å². The van der Waals surface area contributed by atoms with Gasteiger partial charge < -0.3 is 0 Å². The maximum absolute atomic E-state index is 12.9. The summed E-state index contributed by atoms with van der Waals surface area (Å²) in [7, 11) is -12.0. The summed E-state index contributed by atoms with van der Waals surface area (Å²) in [6, 6.07) is 0. The van der Waals surface area contributed by atoms with E-state index < -0.39 is 36.1 Å². The highest BCUT2D eigenvalue weighted by Crippen LogP contribution is 2.64. The van der Waals surface area contributed by atoms with Gasteiger partial charge in [0.05, 0.1) is 25.4 Å². The molecule has 0 aliphatic rings. The Morgan fingerprint density at radius 1 is 0.667 bits per heavy atom. The smallest absolute Gasteiger partial charge is 0.286 e. The largest absolute Gasteiger partial charge is 0.482 e. The molecule has 2 unspecified atom stereocenters. The van der Waals surface area contributed by atoms with Crippen molar-refractivity contribution in [3.05, 3.63) is 0 Å². The average Bonchev–Trinajstić information content (AvgIpc) is 2.61. The fourth-order valence-electron chi connectivity index (χ4n) is 2.31. The van der Waals surface area contributed by atoms with Gasteiger partial charge >= 0.3 is 23.9 Å². The number of rotatable bonds is 18. The summed E-state index contributed by atoms with van der Waals surface area (Å²) >= 11 is 0. The maximum Gasteiger partial charge on any atom is 0.482 e. The van der Waals surface area contributed by atoms with Gasteiger partial charge in [0.2, 0.25) is 0 Å². The Kier molecular flexibility index (Phi) is 15.5. The predicted octanol–water partition coefficient (Wildman–Crippen LogP) is 7.38. The first-order valence-electron chi connectivity index (χ1n) is 10.7. The lowest BCUT2D eigenvalue weighted by Gasteiger charge is -2.24. The van der Waals surface area contributed by atoms with E-state index in [2.05, 4.69) is 0 Å². The summed E-state index contributed by atoms with van der Waals surface area (Å²) in [5.74, 6) is 0.277. The van der Waals surface area contributed by atoms with Crippen LogP contribution in [0.15, 0.2) is 0 Å². The van der Waals surface area contributed by atoms with Crippen LogP contribution < -0.4 is 0 Å². The Morgan fingerprint density at radius 3 is 1.20 bits per heavy atom. The molecule has 0 N–H and O–H groups in total. The summed E-state index contributed by atoms with van der Waals surface area (Å²) in [4.78, 5) is 0. The van der Waals surface area contributed by atoms with E-state index in [9.17, 15) is 13.7 Å². The molecule has 0 aromatic heterocycles. The summed E-state index contributed by atoms with van der Waals surface area (Å²) in [5, 5.41) is 0. The van der Waals surface area contributed by atoms with Crippen molar-refractivity contribution < 1.29 is 40.4 Å². The van der Waals surface area contributed by atoms with Gasteiger partial charge in [0.15, 0.2) is 0 Å². The fraction of sp³-hybridized carbons (Fsp3) is 1.00. The lowest BCUT2D eigenvalue weighted by molar-refractivity contribution is 0.0993. The van der Waals surface area contributed by atoms with Crippen molar-refractivity contribution in [2.75, 3.05) is 13.2 Å². The van der Waals surface area contributed by atoms with Crippen LogP contribution in [0.1, 0.15) is 81.1 Å². The van der Waals surface area contributed by atoms with Crippen molar-refractivity contribution in [3.8, 4) is 0 Å². The second-order valence-electron chi connectivity index (χ2n) is 7.59. The van der Waals surface area contributed by atoms with E-state index in [1.807, 2.05) is 27.7 Å². The summed E-state index contributed by atoms with van der Waals surface area (Å²) < 4.78 is 69.7. The molecule has 182 valence electrons. The van der Waals surface area contributed by atoms with Gasteiger partial charge in [0, 0.05) is 0 Å². The normalized spacial score (nSPS) is 17.6. The molecular weight excluding hydrogens is 453 g/mol. The number of hydrogen-bond acceptors (Lipinski definition) is 9. The zero-order chi connectivity index (χ0) is 23.4. The molecule has 0 saturated carbocycles. The monoisotopic (exact) mass is 494 g/mol. The molecule has 0 spiro atoms. The molecule has 0 bridgehead atoms. The van der Waals surface area contributed by atoms with Gasteiger partial charge in [-0.25, -0.2) is 17.8 Å². The molecule has 0 aliphatic carbocycles. The molecule has 2 atom stereocenters. The topological polar surface area (TPSA) is 107 Å². The molecule has 0 heterocycles. The molecule has 0 radical (unpaired) electrons. The Bertz CT molecular complexity index is 527. The minimum atomic E-state index is -4.21. The van der Waals surface area contributed by atoms with Gasteiger partial charge in [-0.05, 0) is 39.5 Å².